The first-order valence-electron chi connectivity index (χ1n) is 6.63. The lowest BCUT2D eigenvalue weighted by Crippen LogP contribution is -2.22. The topological polar surface area (TPSA) is 76.8 Å². The number of carbonyl (C=O) groups excluding carboxylic acids is 1. The summed E-state index contributed by atoms with van der Waals surface area (Å²) in [6, 6.07) is 1.72. The molecule has 108 valence electrons. The van der Waals surface area contributed by atoms with E-state index in [1.165, 1.54) is 0 Å². The molecule has 2 aromatic heterocycles. The lowest BCUT2D eigenvalue weighted by molar-refractivity contribution is 0.262. The fourth-order valence-corrected chi connectivity index (χ4v) is 1.83. The third kappa shape index (κ3) is 2.81. The largest absolute Gasteiger partial charge is 0.324 e. The Morgan fingerprint density at radius 1 is 1.40 bits per heavy atom. The maximum absolute atomic E-state index is 12.0. The van der Waals surface area contributed by atoms with Crippen LogP contribution >= 0.6 is 0 Å². The second-order valence-corrected chi connectivity index (χ2v) is 4.76. The summed E-state index contributed by atoms with van der Waals surface area (Å²) in [4.78, 5) is 12.0. The number of hydrogen-bond donors (Lipinski definition) is 2. The highest BCUT2D eigenvalue weighted by Gasteiger charge is 2.12. The zero-order valence-electron chi connectivity index (χ0n) is 12.2. The number of aromatic nitrogens is 4. The van der Waals surface area contributed by atoms with Crippen LogP contribution in [0.5, 0.6) is 0 Å². The molecule has 0 saturated carbocycles. The maximum atomic E-state index is 12.0. The van der Waals surface area contributed by atoms with E-state index in [2.05, 4.69) is 34.7 Å². The first kappa shape index (κ1) is 14.1. The molecular weight excluding hydrogens is 256 g/mol. The van der Waals surface area contributed by atoms with Crippen molar-refractivity contribution >= 4 is 17.5 Å². The molecule has 7 nitrogen and oxygen atoms in total. The van der Waals surface area contributed by atoms with Gasteiger partial charge in [0.25, 0.3) is 0 Å². The zero-order chi connectivity index (χ0) is 14.7. The van der Waals surface area contributed by atoms with Crippen molar-refractivity contribution in [2.75, 3.05) is 10.6 Å². The van der Waals surface area contributed by atoms with Crippen LogP contribution in [0, 0.1) is 6.92 Å². The molecule has 0 bridgehead atoms. The Labute approximate surface area is 118 Å². The quantitative estimate of drug-likeness (QED) is 0.901. The van der Waals surface area contributed by atoms with Crippen molar-refractivity contribution in [2.45, 2.75) is 33.2 Å². The van der Waals surface area contributed by atoms with Crippen LogP contribution in [0.3, 0.4) is 0 Å². The molecule has 0 spiro atoms. The molecule has 7 heteroatoms. The Kier molecular flexibility index (Phi) is 4.07. The van der Waals surface area contributed by atoms with E-state index in [9.17, 15) is 4.79 Å². The molecule has 1 atom stereocenters. The summed E-state index contributed by atoms with van der Waals surface area (Å²) < 4.78 is 3.51. The van der Waals surface area contributed by atoms with E-state index in [4.69, 9.17) is 0 Å². The molecule has 2 amide bonds. The average Bonchev–Trinajstić information content (AvgIpc) is 3.00. The van der Waals surface area contributed by atoms with Gasteiger partial charge in [-0.25, -0.2) is 9.48 Å². The minimum atomic E-state index is -0.300. The van der Waals surface area contributed by atoms with Gasteiger partial charge in [-0.05, 0) is 20.3 Å². The molecule has 20 heavy (non-hydrogen) atoms. The first-order chi connectivity index (χ1) is 9.52. The number of hydrogen-bond acceptors (Lipinski definition) is 3. The van der Waals surface area contributed by atoms with E-state index in [0.29, 0.717) is 11.5 Å². The molecule has 0 saturated heterocycles. The molecule has 0 aliphatic heterocycles. The number of amides is 2. The van der Waals surface area contributed by atoms with Crippen molar-refractivity contribution in [1.29, 1.82) is 0 Å². The van der Waals surface area contributed by atoms with Gasteiger partial charge in [-0.15, -0.1) is 0 Å². The summed E-state index contributed by atoms with van der Waals surface area (Å²) in [5, 5.41) is 13.9. The van der Waals surface area contributed by atoms with E-state index in [0.717, 1.165) is 12.1 Å². The summed E-state index contributed by atoms with van der Waals surface area (Å²) in [6.45, 7) is 6.03. The van der Waals surface area contributed by atoms with Gasteiger partial charge in [0.1, 0.15) is 5.82 Å². The van der Waals surface area contributed by atoms with Crippen molar-refractivity contribution in [3.05, 3.63) is 24.2 Å². The van der Waals surface area contributed by atoms with Crippen molar-refractivity contribution in [3.63, 3.8) is 0 Å². The molecule has 2 heterocycles. The molecular formula is C13H20N6O. The van der Waals surface area contributed by atoms with Gasteiger partial charge in [0.15, 0.2) is 0 Å². The highest BCUT2D eigenvalue weighted by Crippen LogP contribution is 2.17. The van der Waals surface area contributed by atoms with Gasteiger partial charge in [-0.3, -0.25) is 10.00 Å². The lowest BCUT2D eigenvalue weighted by Gasteiger charge is -2.14. The van der Waals surface area contributed by atoms with Crippen LogP contribution in [-0.2, 0) is 7.05 Å². The molecule has 0 fully saturated rings. The summed E-state index contributed by atoms with van der Waals surface area (Å²) >= 11 is 0. The van der Waals surface area contributed by atoms with Crippen LogP contribution in [0.4, 0.5) is 16.3 Å². The minimum absolute atomic E-state index is 0.237. The van der Waals surface area contributed by atoms with Gasteiger partial charge in [0, 0.05) is 13.1 Å². The fraction of sp³-hybridized carbons (Fsp3) is 0.462. The molecule has 0 aromatic carbocycles. The van der Waals surface area contributed by atoms with E-state index in [1.54, 1.807) is 27.8 Å². The summed E-state index contributed by atoms with van der Waals surface area (Å²) in [7, 11) is 1.83. The Morgan fingerprint density at radius 2 is 2.15 bits per heavy atom. The van der Waals surface area contributed by atoms with Gasteiger partial charge in [-0.2, -0.15) is 10.2 Å². The number of urea groups is 1. The van der Waals surface area contributed by atoms with Crippen LogP contribution in [0.2, 0.25) is 0 Å². The molecule has 0 aliphatic rings. The Morgan fingerprint density at radius 3 is 2.75 bits per heavy atom. The van der Waals surface area contributed by atoms with Gasteiger partial charge in [0.05, 0.1) is 29.8 Å². The first-order valence-corrected chi connectivity index (χ1v) is 6.63. The minimum Gasteiger partial charge on any atom is -0.305 e. The van der Waals surface area contributed by atoms with Crippen LogP contribution in [0.1, 0.15) is 32.0 Å². The van der Waals surface area contributed by atoms with E-state index in [-0.39, 0.29) is 12.1 Å². The third-order valence-electron chi connectivity index (χ3n) is 3.40. The Balaban J connectivity index is 2.05. The van der Waals surface area contributed by atoms with Crippen molar-refractivity contribution < 1.29 is 4.79 Å². The molecule has 2 N–H and O–H groups in total. The summed E-state index contributed by atoms with van der Waals surface area (Å²) in [5.41, 5.74) is 1.59. The Hall–Kier alpha value is -2.31. The number of aryl methyl sites for hydroxylation is 1. The van der Waals surface area contributed by atoms with Gasteiger partial charge in [0.2, 0.25) is 0 Å². The second-order valence-electron chi connectivity index (χ2n) is 4.76. The average molecular weight is 276 g/mol. The van der Waals surface area contributed by atoms with Gasteiger partial charge < -0.3 is 5.32 Å². The number of rotatable bonds is 4. The van der Waals surface area contributed by atoms with Gasteiger partial charge in [-0.1, -0.05) is 6.92 Å². The van der Waals surface area contributed by atoms with Gasteiger partial charge >= 0.3 is 6.03 Å². The van der Waals surface area contributed by atoms with Crippen LogP contribution in [-0.4, -0.2) is 25.6 Å². The van der Waals surface area contributed by atoms with Crippen molar-refractivity contribution in [1.82, 2.24) is 19.6 Å². The number of nitrogens with zero attached hydrogens (tertiary/aromatic N) is 4. The van der Waals surface area contributed by atoms with E-state index >= 15 is 0 Å². The molecule has 0 aliphatic carbocycles. The normalized spacial score (nSPS) is 12.2. The monoisotopic (exact) mass is 276 g/mol. The van der Waals surface area contributed by atoms with Crippen molar-refractivity contribution in [2.24, 2.45) is 7.05 Å². The van der Waals surface area contributed by atoms with E-state index in [1.807, 2.05) is 14.0 Å². The predicted molar refractivity (Wildman–Crippen MR) is 77.8 cm³/mol. The summed E-state index contributed by atoms with van der Waals surface area (Å²) in [5.74, 6) is 0.679. The maximum Gasteiger partial charge on any atom is 0.324 e. The molecule has 2 rings (SSSR count). The lowest BCUT2D eigenvalue weighted by atomic mass is 10.3. The fourth-order valence-electron chi connectivity index (χ4n) is 1.83. The van der Waals surface area contributed by atoms with E-state index < -0.39 is 0 Å². The number of carbonyl (C=O) groups is 1. The number of anilines is 2. The molecule has 2 aromatic rings. The Bertz CT molecular complexity index is 600. The van der Waals surface area contributed by atoms with Crippen molar-refractivity contribution in [3.8, 4) is 0 Å². The smallest absolute Gasteiger partial charge is 0.305 e. The highest BCUT2D eigenvalue weighted by atomic mass is 16.2. The predicted octanol–water partition coefficient (Wildman–Crippen LogP) is 2.54. The number of nitrogens with one attached hydrogen (secondary N) is 2. The molecule has 0 radical (unpaired) electrons. The zero-order valence-corrected chi connectivity index (χ0v) is 12.2. The van der Waals surface area contributed by atoms with Crippen LogP contribution in [0.25, 0.3) is 0 Å². The SMILES string of the molecule is CCC(C)n1nccc1NC(=O)Nc1cnn(C)c1C. The third-order valence-corrected chi connectivity index (χ3v) is 3.40. The highest BCUT2D eigenvalue weighted by molar-refractivity contribution is 5.99. The molecule has 1 unspecified atom stereocenters. The van der Waals surface area contributed by atoms with Crippen LogP contribution in [0.15, 0.2) is 18.5 Å². The standard InChI is InChI=1S/C13H20N6O/c1-5-9(2)19-12(6-7-14-19)17-13(20)16-11-8-15-18(4)10(11)3/h6-9H,5H2,1-4H3,(H2,16,17,20). The van der Waals surface area contributed by atoms with Crippen LogP contribution < -0.4 is 10.6 Å². The summed E-state index contributed by atoms with van der Waals surface area (Å²) in [6.07, 6.45) is 4.25. The second kappa shape index (κ2) is 5.77.